The summed E-state index contributed by atoms with van der Waals surface area (Å²) in [6, 6.07) is 10.7. The number of thioether (sulfide) groups is 1. The molecule has 0 amide bonds. The van der Waals surface area contributed by atoms with Crippen LogP contribution in [0.15, 0.2) is 30.3 Å². The molecule has 102 valence electrons. The van der Waals surface area contributed by atoms with Crippen LogP contribution in [-0.4, -0.2) is 43.6 Å². The summed E-state index contributed by atoms with van der Waals surface area (Å²) in [6.45, 7) is 4.49. The molecular weight excluding hydrogens is 240 g/mol. The van der Waals surface area contributed by atoms with Gasteiger partial charge in [0, 0.05) is 6.54 Å². The fraction of sp³-hybridized carbons (Fsp3) is 0.600. The molecule has 0 aliphatic rings. The largest absolute Gasteiger partial charge is 0.317 e. The van der Waals surface area contributed by atoms with Crippen molar-refractivity contribution in [2.24, 2.45) is 0 Å². The normalized spacial score (nSPS) is 11.1. The van der Waals surface area contributed by atoms with E-state index in [-0.39, 0.29) is 0 Å². The number of rotatable bonds is 10. The van der Waals surface area contributed by atoms with Gasteiger partial charge in [0.25, 0.3) is 0 Å². The molecule has 0 bridgehead atoms. The second-order valence-electron chi connectivity index (χ2n) is 4.67. The molecule has 3 heteroatoms. The molecule has 0 aliphatic heterocycles. The van der Waals surface area contributed by atoms with Gasteiger partial charge in [0.2, 0.25) is 0 Å². The Morgan fingerprint density at radius 2 is 1.83 bits per heavy atom. The van der Waals surface area contributed by atoms with E-state index in [1.807, 2.05) is 11.8 Å². The minimum absolute atomic E-state index is 1.05. The average Bonchev–Trinajstić information content (AvgIpc) is 2.39. The van der Waals surface area contributed by atoms with Crippen LogP contribution >= 0.6 is 11.8 Å². The molecule has 1 rings (SSSR count). The molecule has 0 atom stereocenters. The van der Waals surface area contributed by atoms with Gasteiger partial charge in [-0.1, -0.05) is 30.3 Å². The molecule has 2 nitrogen and oxygen atoms in total. The van der Waals surface area contributed by atoms with Gasteiger partial charge >= 0.3 is 0 Å². The molecule has 1 aromatic rings. The van der Waals surface area contributed by atoms with Crippen molar-refractivity contribution < 1.29 is 0 Å². The van der Waals surface area contributed by atoms with Crippen LogP contribution in [0.1, 0.15) is 18.4 Å². The lowest BCUT2D eigenvalue weighted by molar-refractivity contribution is 0.320. The maximum absolute atomic E-state index is 3.50. The van der Waals surface area contributed by atoms with Gasteiger partial charge in [-0.25, -0.2) is 0 Å². The van der Waals surface area contributed by atoms with Crippen molar-refractivity contribution in [1.29, 1.82) is 0 Å². The standard InChI is InChI=1S/C15H26N2S/c1-17(14-15-8-4-3-5-9-15)12-6-10-16-11-7-13-18-2/h3-5,8-9,16H,6-7,10-14H2,1-2H3. The average molecular weight is 266 g/mol. The van der Waals surface area contributed by atoms with Crippen LogP contribution in [0.25, 0.3) is 0 Å². The summed E-state index contributed by atoms with van der Waals surface area (Å²) in [7, 11) is 2.20. The van der Waals surface area contributed by atoms with Crippen LogP contribution in [0, 0.1) is 0 Å². The van der Waals surface area contributed by atoms with Gasteiger partial charge in [-0.3, -0.25) is 0 Å². The van der Waals surface area contributed by atoms with Gasteiger partial charge in [0.05, 0.1) is 0 Å². The Hall–Kier alpha value is -0.510. The molecule has 0 spiro atoms. The minimum atomic E-state index is 1.05. The summed E-state index contributed by atoms with van der Waals surface area (Å²) >= 11 is 1.92. The summed E-state index contributed by atoms with van der Waals surface area (Å²) in [6.07, 6.45) is 4.67. The van der Waals surface area contributed by atoms with Crippen LogP contribution in [0.3, 0.4) is 0 Å². The number of benzene rings is 1. The van der Waals surface area contributed by atoms with Gasteiger partial charge in [-0.2, -0.15) is 11.8 Å². The van der Waals surface area contributed by atoms with Gasteiger partial charge in [0.1, 0.15) is 0 Å². The van der Waals surface area contributed by atoms with E-state index in [1.54, 1.807) is 0 Å². The van der Waals surface area contributed by atoms with Crippen LogP contribution in [-0.2, 0) is 6.54 Å². The zero-order valence-electron chi connectivity index (χ0n) is 11.7. The third-order valence-corrected chi connectivity index (χ3v) is 3.59. The van der Waals surface area contributed by atoms with Crippen LogP contribution in [0.4, 0.5) is 0 Å². The second kappa shape index (κ2) is 10.4. The number of hydrogen-bond acceptors (Lipinski definition) is 3. The van der Waals surface area contributed by atoms with E-state index in [4.69, 9.17) is 0 Å². The maximum atomic E-state index is 3.50. The molecule has 1 N–H and O–H groups in total. The summed E-state index contributed by atoms with van der Waals surface area (Å²) in [5, 5.41) is 3.50. The molecule has 1 aromatic carbocycles. The van der Waals surface area contributed by atoms with Gasteiger partial charge in [0.15, 0.2) is 0 Å². The van der Waals surface area contributed by atoms with Crippen LogP contribution < -0.4 is 5.32 Å². The van der Waals surface area contributed by atoms with E-state index in [1.165, 1.54) is 24.2 Å². The fourth-order valence-corrected chi connectivity index (χ4v) is 2.35. The van der Waals surface area contributed by atoms with Crippen molar-refractivity contribution >= 4 is 11.8 Å². The SMILES string of the molecule is CSCCCNCCCN(C)Cc1ccccc1. The van der Waals surface area contributed by atoms with Crippen molar-refractivity contribution in [1.82, 2.24) is 10.2 Å². The molecular formula is C15H26N2S. The van der Waals surface area contributed by atoms with Crippen molar-refractivity contribution in [3.05, 3.63) is 35.9 Å². The lowest BCUT2D eigenvalue weighted by atomic mass is 10.2. The molecule has 0 saturated heterocycles. The van der Waals surface area contributed by atoms with E-state index < -0.39 is 0 Å². The first kappa shape index (κ1) is 15.5. The smallest absolute Gasteiger partial charge is 0.0230 e. The highest BCUT2D eigenvalue weighted by molar-refractivity contribution is 7.98. The maximum Gasteiger partial charge on any atom is 0.0230 e. The predicted molar refractivity (Wildman–Crippen MR) is 83.3 cm³/mol. The van der Waals surface area contributed by atoms with Crippen LogP contribution in [0.2, 0.25) is 0 Å². The van der Waals surface area contributed by atoms with E-state index in [2.05, 4.69) is 53.9 Å². The molecule has 0 aliphatic carbocycles. The molecule has 0 aromatic heterocycles. The Kier molecular flexibility index (Phi) is 9.00. The molecule has 0 saturated carbocycles. The van der Waals surface area contributed by atoms with Gasteiger partial charge < -0.3 is 10.2 Å². The second-order valence-corrected chi connectivity index (χ2v) is 5.66. The molecule has 0 heterocycles. The summed E-state index contributed by atoms with van der Waals surface area (Å²) in [5.41, 5.74) is 1.40. The van der Waals surface area contributed by atoms with E-state index in [0.717, 1.165) is 26.2 Å². The quantitative estimate of drug-likeness (QED) is 0.656. The Morgan fingerprint density at radius 1 is 1.11 bits per heavy atom. The third kappa shape index (κ3) is 7.75. The minimum Gasteiger partial charge on any atom is -0.317 e. The first-order valence-electron chi connectivity index (χ1n) is 6.75. The zero-order chi connectivity index (χ0) is 13.1. The third-order valence-electron chi connectivity index (χ3n) is 2.89. The molecule has 18 heavy (non-hydrogen) atoms. The van der Waals surface area contributed by atoms with Crippen molar-refractivity contribution in [3.8, 4) is 0 Å². The Bertz CT molecular complexity index is 290. The Labute approximate surface area is 116 Å². The number of nitrogens with zero attached hydrogens (tertiary/aromatic N) is 1. The Balaban J connectivity index is 1.99. The van der Waals surface area contributed by atoms with Gasteiger partial charge in [-0.05, 0) is 57.1 Å². The monoisotopic (exact) mass is 266 g/mol. The van der Waals surface area contributed by atoms with E-state index in [9.17, 15) is 0 Å². The summed E-state index contributed by atoms with van der Waals surface area (Å²) in [5.74, 6) is 1.26. The highest BCUT2D eigenvalue weighted by Gasteiger charge is 1.99. The number of nitrogens with one attached hydrogen (secondary N) is 1. The topological polar surface area (TPSA) is 15.3 Å². The summed E-state index contributed by atoms with van der Waals surface area (Å²) < 4.78 is 0. The molecule has 0 unspecified atom stereocenters. The van der Waals surface area contributed by atoms with Crippen molar-refractivity contribution in [3.63, 3.8) is 0 Å². The number of hydrogen-bond donors (Lipinski definition) is 1. The van der Waals surface area contributed by atoms with E-state index >= 15 is 0 Å². The highest BCUT2D eigenvalue weighted by Crippen LogP contribution is 2.02. The Morgan fingerprint density at radius 3 is 2.56 bits per heavy atom. The lowest BCUT2D eigenvalue weighted by Crippen LogP contribution is -2.24. The predicted octanol–water partition coefficient (Wildman–Crippen LogP) is 2.85. The fourth-order valence-electron chi connectivity index (χ4n) is 1.91. The zero-order valence-corrected chi connectivity index (χ0v) is 12.5. The van der Waals surface area contributed by atoms with Crippen LogP contribution in [0.5, 0.6) is 0 Å². The van der Waals surface area contributed by atoms with E-state index in [0.29, 0.717) is 0 Å². The highest BCUT2D eigenvalue weighted by atomic mass is 32.2. The van der Waals surface area contributed by atoms with Crippen molar-refractivity contribution in [2.75, 3.05) is 38.7 Å². The summed E-state index contributed by atoms with van der Waals surface area (Å²) in [4.78, 5) is 2.39. The van der Waals surface area contributed by atoms with Gasteiger partial charge in [-0.15, -0.1) is 0 Å². The molecule has 0 radical (unpaired) electrons. The first-order valence-corrected chi connectivity index (χ1v) is 8.14. The molecule has 0 fully saturated rings. The lowest BCUT2D eigenvalue weighted by Gasteiger charge is -2.16. The van der Waals surface area contributed by atoms with Crippen molar-refractivity contribution in [2.45, 2.75) is 19.4 Å². The first-order chi connectivity index (χ1) is 8.83.